The van der Waals surface area contributed by atoms with Crippen LogP contribution in [-0.2, 0) is 12.4 Å². The van der Waals surface area contributed by atoms with E-state index in [1.165, 1.54) is 5.56 Å². The van der Waals surface area contributed by atoms with Crippen LogP contribution in [-0.4, -0.2) is 17.0 Å². The molecule has 0 unspecified atom stereocenters. The number of halogens is 1. The lowest BCUT2D eigenvalue weighted by molar-refractivity contribution is 0.880. The highest BCUT2D eigenvalue weighted by Gasteiger charge is 2.08. The van der Waals surface area contributed by atoms with Crippen molar-refractivity contribution >= 4 is 17.4 Å². The van der Waals surface area contributed by atoms with Crippen LogP contribution in [0.4, 0.5) is 5.82 Å². The molecule has 2 rings (SSSR count). The normalized spacial score (nSPS) is 10.2. The Kier molecular flexibility index (Phi) is 3.94. The lowest BCUT2D eigenvalue weighted by Crippen LogP contribution is -2.19. The minimum atomic E-state index is 0.426. The van der Waals surface area contributed by atoms with Crippen molar-refractivity contribution < 1.29 is 0 Å². The minimum absolute atomic E-state index is 0.426. The molecule has 3 nitrogen and oxygen atoms in total. The van der Waals surface area contributed by atoms with Gasteiger partial charge < -0.3 is 4.90 Å². The van der Waals surface area contributed by atoms with E-state index in [1.54, 1.807) is 12.5 Å². The first-order chi connectivity index (χ1) is 8.31. The average Bonchev–Trinajstić information content (AvgIpc) is 2.40. The Hall–Kier alpha value is -1.61. The van der Waals surface area contributed by atoms with Gasteiger partial charge in [-0.15, -0.1) is 11.6 Å². The average molecular weight is 248 g/mol. The largest absolute Gasteiger partial charge is 0.355 e. The fourth-order valence-corrected chi connectivity index (χ4v) is 1.91. The van der Waals surface area contributed by atoms with Crippen molar-refractivity contribution in [2.24, 2.45) is 0 Å². The van der Waals surface area contributed by atoms with E-state index in [4.69, 9.17) is 11.6 Å². The molecule has 2 aromatic rings. The summed E-state index contributed by atoms with van der Waals surface area (Å²) >= 11 is 5.87. The van der Waals surface area contributed by atoms with Crippen LogP contribution in [0, 0.1) is 0 Å². The van der Waals surface area contributed by atoms with Gasteiger partial charge in [-0.3, -0.25) is 0 Å². The zero-order chi connectivity index (χ0) is 12.1. The molecular weight excluding hydrogens is 234 g/mol. The van der Waals surface area contributed by atoms with Gasteiger partial charge in [-0.25, -0.2) is 9.97 Å². The Balaban J connectivity index is 2.17. The van der Waals surface area contributed by atoms with Crippen molar-refractivity contribution in [3.8, 4) is 0 Å². The molecule has 1 aromatic carbocycles. The third kappa shape index (κ3) is 2.94. The Morgan fingerprint density at radius 3 is 2.71 bits per heavy atom. The molecule has 0 aliphatic heterocycles. The zero-order valence-electron chi connectivity index (χ0n) is 9.68. The maximum Gasteiger partial charge on any atom is 0.136 e. The Bertz CT molecular complexity index is 473. The van der Waals surface area contributed by atoms with Gasteiger partial charge in [-0.05, 0) is 5.56 Å². The van der Waals surface area contributed by atoms with Gasteiger partial charge in [0.2, 0.25) is 0 Å². The molecule has 0 saturated carbocycles. The molecule has 17 heavy (non-hydrogen) atoms. The molecule has 0 aliphatic carbocycles. The smallest absolute Gasteiger partial charge is 0.136 e. The fourth-order valence-electron chi connectivity index (χ4n) is 1.72. The van der Waals surface area contributed by atoms with Crippen LogP contribution in [0.3, 0.4) is 0 Å². The van der Waals surface area contributed by atoms with Crippen molar-refractivity contribution in [3.05, 3.63) is 54.0 Å². The number of hydrogen-bond acceptors (Lipinski definition) is 3. The van der Waals surface area contributed by atoms with E-state index < -0.39 is 0 Å². The summed E-state index contributed by atoms with van der Waals surface area (Å²) in [7, 11) is 2.01. The van der Waals surface area contributed by atoms with Gasteiger partial charge >= 0.3 is 0 Å². The number of nitrogens with zero attached hydrogens (tertiary/aromatic N) is 3. The molecule has 0 aliphatic rings. The van der Waals surface area contributed by atoms with Gasteiger partial charge in [0.15, 0.2) is 0 Å². The highest BCUT2D eigenvalue weighted by Crippen LogP contribution is 2.18. The zero-order valence-corrected chi connectivity index (χ0v) is 10.4. The molecule has 1 heterocycles. The highest BCUT2D eigenvalue weighted by atomic mass is 35.5. The predicted octanol–water partition coefficient (Wildman–Crippen LogP) is 2.85. The third-order valence-corrected chi connectivity index (χ3v) is 2.82. The maximum absolute atomic E-state index is 5.87. The van der Waals surface area contributed by atoms with Gasteiger partial charge in [0, 0.05) is 25.4 Å². The summed E-state index contributed by atoms with van der Waals surface area (Å²) < 4.78 is 0. The molecule has 0 bridgehead atoms. The van der Waals surface area contributed by atoms with E-state index in [-0.39, 0.29) is 0 Å². The van der Waals surface area contributed by atoms with Gasteiger partial charge in [0.05, 0.1) is 5.88 Å². The molecular formula is C13H14ClN3. The second-order valence-electron chi connectivity index (χ2n) is 3.85. The Morgan fingerprint density at radius 2 is 2.00 bits per heavy atom. The van der Waals surface area contributed by atoms with Crippen LogP contribution in [0.5, 0.6) is 0 Å². The summed E-state index contributed by atoms with van der Waals surface area (Å²) in [5.41, 5.74) is 2.20. The van der Waals surface area contributed by atoms with Crippen molar-refractivity contribution in [1.82, 2.24) is 9.97 Å². The summed E-state index contributed by atoms with van der Waals surface area (Å²) in [5.74, 6) is 1.31. The van der Waals surface area contributed by atoms with E-state index in [0.29, 0.717) is 5.88 Å². The monoisotopic (exact) mass is 247 g/mol. The van der Waals surface area contributed by atoms with Crippen molar-refractivity contribution in [2.45, 2.75) is 12.4 Å². The summed E-state index contributed by atoms with van der Waals surface area (Å²) in [5, 5.41) is 0. The first kappa shape index (κ1) is 11.9. The quantitative estimate of drug-likeness (QED) is 0.778. The maximum atomic E-state index is 5.87. The summed E-state index contributed by atoms with van der Waals surface area (Å²) in [6.07, 6.45) is 3.31. The number of rotatable bonds is 4. The molecule has 4 heteroatoms. The van der Waals surface area contributed by atoms with Gasteiger partial charge in [-0.2, -0.15) is 0 Å². The van der Waals surface area contributed by atoms with Crippen molar-refractivity contribution in [3.63, 3.8) is 0 Å². The van der Waals surface area contributed by atoms with Crippen LogP contribution < -0.4 is 4.90 Å². The summed E-state index contributed by atoms with van der Waals surface area (Å²) in [6, 6.07) is 10.3. The van der Waals surface area contributed by atoms with Crippen LogP contribution in [0.1, 0.15) is 11.1 Å². The molecule has 0 spiro atoms. The van der Waals surface area contributed by atoms with Crippen molar-refractivity contribution in [1.29, 1.82) is 0 Å². The first-order valence-electron chi connectivity index (χ1n) is 5.41. The topological polar surface area (TPSA) is 29.0 Å². The van der Waals surface area contributed by atoms with Gasteiger partial charge in [-0.1, -0.05) is 30.3 Å². The lowest BCUT2D eigenvalue weighted by atomic mass is 10.2. The van der Waals surface area contributed by atoms with Crippen LogP contribution >= 0.6 is 11.6 Å². The molecule has 0 amide bonds. The SMILES string of the molecule is CN(Cc1ccccc1)c1ncncc1CCl. The Morgan fingerprint density at radius 1 is 1.24 bits per heavy atom. The fraction of sp³-hybridized carbons (Fsp3) is 0.231. The summed E-state index contributed by atoms with van der Waals surface area (Å²) in [4.78, 5) is 10.3. The second-order valence-corrected chi connectivity index (χ2v) is 4.11. The van der Waals surface area contributed by atoms with E-state index in [0.717, 1.165) is 17.9 Å². The molecule has 0 fully saturated rings. The molecule has 1 aromatic heterocycles. The molecule has 0 radical (unpaired) electrons. The number of hydrogen-bond donors (Lipinski definition) is 0. The predicted molar refractivity (Wildman–Crippen MR) is 70.1 cm³/mol. The third-order valence-electron chi connectivity index (χ3n) is 2.53. The van der Waals surface area contributed by atoms with Crippen LogP contribution in [0.15, 0.2) is 42.9 Å². The minimum Gasteiger partial charge on any atom is -0.355 e. The number of benzene rings is 1. The lowest BCUT2D eigenvalue weighted by Gasteiger charge is -2.20. The van der Waals surface area contributed by atoms with E-state index in [1.807, 2.05) is 25.2 Å². The van der Waals surface area contributed by atoms with E-state index in [9.17, 15) is 0 Å². The first-order valence-corrected chi connectivity index (χ1v) is 5.94. The molecule has 0 saturated heterocycles. The Labute approximate surface area is 106 Å². The molecule has 0 N–H and O–H groups in total. The molecule has 88 valence electrons. The van der Waals surface area contributed by atoms with E-state index >= 15 is 0 Å². The molecule has 0 atom stereocenters. The van der Waals surface area contributed by atoms with Crippen molar-refractivity contribution in [2.75, 3.05) is 11.9 Å². The number of aromatic nitrogens is 2. The second kappa shape index (κ2) is 5.64. The van der Waals surface area contributed by atoms with Crippen LogP contribution in [0.2, 0.25) is 0 Å². The van der Waals surface area contributed by atoms with E-state index in [2.05, 4.69) is 27.0 Å². The summed E-state index contributed by atoms with van der Waals surface area (Å²) in [6.45, 7) is 0.807. The van der Waals surface area contributed by atoms with Gasteiger partial charge in [0.1, 0.15) is 12.1 Å². The highest BCUT2D eigenvalue weighted by molar-refractivity contribution is 6.17. The van der Waals surface area contributed by atoms with Gasteiger partial charge in [0.25, 0.3) is 0 Å². The number of alkyl halides is 1. The van der Waals surface area contributed by atoms with Crippen LogP contribution in [0.25, 0.3) is 0 Å². The number of anilines is 1. The standard InChI is InChI=1S/C13H14ClN3/c1-17(9-11-5-3-2-4-6-11)13-12(7-14)8-15-10-16-13/h2-6,8,10H,7,9H2,1H3.